The van der Waals surface area contributed by atoms with E-state index in [2.05, 4.69) is 17.2 Å². The molecule has 0 aliphatic heterocycles. The third-order valence-electron chi connectivity index (χ3n) is 3.23. The lowest BCUT2D eigenvalue weighted by atomic mass is 10.2. The van der Waals surface area contributed by atoms with Gasteiger partial charge in [0.05, 0.1) is 5.69 Å². The van der Waals surface area contributed by atoms with Crippen molar-refractivity contribution in [1.82, 2.24) is 10.3 Å². The lowest BCUT2D eigenvalue weighted by Crippen LogP contribution is -2.13. The van der Waals surface area contributed by atoms with E-state index in [0.29, 0.717) is 5.92 Å². The summed E-state index contributed by atoms with van der Waals surface area (Å²) in [4.78, 5) is 5.82. The Morgan fingerprint density at radius 3 is 2.68 bits per heavy atom. The molecular formula is C13H22N2O2S2. The SMILES string of the molecule is CCCNCc1sc(CS(=O)(=O)CC)nc1C1CC1. The van der Waals surface area contributed by atoms with Gasteiger partial charge in [-0.25, -0.2) is 13.4 Å². The lowest BCUT2D eigenvalue weighted by molar-refractivity contribution is 0.596. The van der Waals surface area contributed by atoms with Gasteiger partial charge in [0, 0.05) is 23.1 Å². The normalized spacial score (nSPS) is 15.9. The highest BCUT2D eigenvalue weighted by molar-refractivity contribution is 7.90. The van der Waals surface area contributed by atoms with E-state index in [9.17, 15) is 8.42 Å². The van der Waals surface area contributed by atoms with E-state index in [4.69, 9.17) is 0 Å². The molecule has 1 heterocycles. The maximum atomic E-state index is 11.7. The van der Waals surface area contributed by atoms with Crippen LogP contribution in [0.3, 0.4) is 0 Å². The van der Waals surface area contributed by atoms with Crippen LogP contribution in [0, 0.1) is 0 Å². The number of hydrogen-bond acceptors (Lipinski definition) is 5. The summed E-state index contributed by atoms with van der Waals surface area (Å²) in [6, 6.07) is 0. The standard InChI is InChI=1S/C13H22N2O2S2/c1-3-7-14-8-11-13(10-5-6-10)15-12(18-11)9-19(16,17)4-2/h10,14H,3-9H2,1-2H3. The summed E-state index contributed by atoms with van der Waals surface area (Å²) in [5, 5.41) is 4.15. The smallest absolute Gasteiger partial charge is 0.156 e. The predicted molar refractivity (Wildman–Crippen MR) is 79.3 cm³/mol. The van der Waals surface area contributed by atoms with Crippen molar-refractivity contribution in [2.45, 2.75) is 51.3 Å². The number of nitrogens with one attached hydrogen (secondary N) is 1. The van der Waals surface area contributed by atoms with E-state index in [1.807, 2.05) is 0 Å². The van der Waals surface area contributed by atoms with E-state index in [1.54, 1.807) is 18.3 Å². The van der Waals surface area contributed by atoms with Crippen LogP contribution >= 0.6 is 11.3 Å². The molecule has 0 atom stereocenters. The fraction of sp³-hybridized carbons (Fsp3) is 0.769. The number of sulfone groups is 1. The minimum absolute atomic E-state index is 0.0989. The molecule has 1 saturated carbocycles. The zero-order valence-electron chi connectivity index (χ0n) is 11.6. The minimum Gasteiger partial charge on any atom is -0.312 e. The summed E-state index contributed by atoms with van der Waals surface area (Å²) < 4.78 is 23.4. The highest BCUT2D eigenvalue weighted by Gasteiger charge is 2.30. The molecule has 0 saturated heterocycles. The van der Waals surface area contributed by atoms with Crippen molar-refractivity contribution in [3.05, 3.63) is 15.6 Å². The Balaban J connectivity index is 2.10. The molecule has 1 N–H and O–H groups in total. The Hall–Kier alpha value is -0.460. The van der Waals surface area contributed by atoms with Gasteiger partial charge in [-0.3, -0.25) is 0 Å². The van der Waals surface area contributed by atoms with Crippen molar-refractivity contribution in [3.63, 3.8) is 0 Å². The second-order valence-electron chi connectivity index (χ2n) is 5.04. The lowest BCUT2D eigenvalue weighted by Gasteiger charge is -2.01. The molecular weight excluding hydrogens is 280 g/mol. The highest BCUT2D eigenvalue weighted by Crippen LogP contribution is 2.42. The van der Waals surface area contributed by atoms with E-state index in [1.165, 1.54) is 17.7 Å². The molecule has 6 heteroatoms. The van der Waals surface area contributed by atoms with Gasteiger partial charge in [-0.1, -0.05) is 13.8 Å². The Morgan fingerprint density at radius 1 is 1.37 bits per heavy atom. The number of thiazole rings is 1. The van der Waals surface area contributed by atoms with E-state index in [0.717, 1.165) is 30.2 Å². The monoisotopic (exact) mass is 302 g/mol. The van der Waals surface area contributed by atoms with E-state index in [-0.39, 0.29) is 11.5 Å². The summed E-state index contributed by atoms with van der Waals surface area (Å²) in [6.45, 7) is 5.64. The van der Waals surface area contributed by atoms with Crippen LogP contribution < -0.4 is 5.32 Å². The van der Waals surface area contributed by atoms with Crippen LogP contribution in [0.15, 0.2) is 0 Å². The summed E-state index contributed by atoms with van der Waals surface area (Å²) in [5.41, 5.74) is 1.15. The Kier molecular flexibility index (Phi) is 4.97. The first-order valence-corrected chi connectivity index (χ1v) is 9.59. The van der Waals surface area contributed by atoms with Crippen molar-refractivity contribution >= 4 is 21.2 Å². The molecule has 108 valence electrons. The first-order chi connectivity index (χ1) is 9.05. The second-order valence-corrected chi connectivity index (χ2v) is 8.56. The van der Waals surface area contributed by atoms with Crippen LogP contribution in [0.2, 0.25) is 0 Å². The van der Waals surface area contributed by atoms with Crippen molar-refractivity contribution in [3.8, 4) is 0 Å². The maximum Gasteiger partial charge on any atom is 0.156 e. The van der Waals surface area contributed by atoms with Gasteiger partial charge in [0.25, 0.3) is 0 Å². The maximum absolute atomic E-state index is 11.7. The molecule has 1 aliphatic carbocycles. The summed E-state index contributed by atoms with van der Waals surface area (Å²) in [6.07, 6.45) is 3.50. The average molecular weight is 302 g/mol. The fourth-order valence-electron chi connectivity index (χ4n) is 1.95. The topological polar surface area (TPSA) is 59.1 Å². The highest BCUT2D eigenvalue weighted by atomic mass is 32.2. The van der Waals surface area contributed by atoms with Crippen LogP contribution in [0.5, 0.6) is 0 Å². The summed E-state index contributed by atoms with van der Waals surface area (Å²) >= 11 is 1.57. The minimum atomic E-state index is -2.98. The Labute approximate surface area is 119 Å². The van der Waals surface area contributed by atoms with Crippen LogP contribution in [0.25, 0.3) is 0 Å². The van der Waals surface area contributed by atoms with Gasteiger partial charge >= 0.3 is 0 Å². The largest absolute Gasteiger partial charge is 0.312 e. The molecule has 19 heavy (non-hydrogen) atoms. The number of hydrogen-bond donors (Lipinski definition) is 1. The average Bonchev–Trinajstić information content (AvgIpc) is 3.13. The Bertz CT molecular complexity index is 519. The summed E-state index contributed by atoms with van der Waals surface area (Å²) in [7, 11) is -2.98. The summed E-state index contributed by atoms with van der Waals surface area (Å²) in [5.74, 6) is 0.865. The van der Waals surface area contributed by atoms with Crippen molar-refractivity contribution in [1.29, 1.82) is 0 Å². The van der Waals surface area contributed by atoms with Gasteiger partial charge in [-0.15, -0.1) is 11.3 Å². The van der Waals surface area contributed by atoms with Gasteiger partial charge < -0.3 is 5.32 Å². The van der Waals surface area contributed by atoms with Crippen molar-refractivity contribution in [2.75, 3.05) is 12.3 Å². The van der Waals surface area contributed by atoms with Gasteiger partial charge in [0.15, 0.2) is 9.84 Å². The van der Waals surface area contributed by atoms with Crippen molar-refractivity contribution < 1.29 is 8.42 Å². The van der Waals surface area contributed by atoms with Crippen molar-refractivity contribution in [2.24, 2.45) is 0 Å². The first kappa shape index (κ1) is 14.9. The molecule has 1 aromatic rings. The van der Waals surface area contributed by atoms with Crippen LogP contribution in [0.4, 0.5) is 0 Å². The molecule has 2 rings (SSSR count). The second kappa shape index (κ2) is 6.33. The predicted octanol–water partition coefficient (Wildman–Crippen LogP) is 2.45. The van der Waals surface area contributed by atoms with Gasteiger partial charge in [0.1, 0.15) is 10.8 Å². The van der Waals surface area contributed by atoms with E-state index >= 15 is 0 Å². The zero-order chi connectivity index (χ0) is 13.9. The van der Waals surface area contributed by atoms with Crippen LogP contribution in [-0.2, 0) is 22.1 Å². The van der Waals surface area contributed by atoms with Gasteiger partial charge in [0.2, 0.25) is 0 Å². The zero-order valence-corrected chi connectivity index (χ0v) is 13.2. The fourth-order valence-corrected chi connectivity index (χ4v) is 4.29. The molecule has 0 radical (unpaired) electrons. The first-order valence-electron chi connectivity index (χ1n) is 6.95. The molecule has 0 bridgehead atoms. The molecule has 0 spiro atoms. The molecule has 0 aromatic carbocycles. The Morgan fingerprint density at radius 2 is 2.11 bits per heavy atom. The number of rotatable bonds is 8. The number of nitrogens with zero attached hydrogens (tertiary/aromatic N) is 1. The quantitative estimate of drug-likeness (QED) is 0.749. The number of aromatic nitrogens is 1. The van der Waals surface area contributed by atoms with Gasteiger partial charge in [-0.2, -0.15) is 0 Å². The van der Waals surface area contributed by atoms with Crippen LogP contribution in [0.1, 0.15) is 54.6 Å². The molecule has 1 fully saturated rings. The third kappa shape index (κ3) is 4.26. The molecule has 1 aromatic heterocycles. The van der Waals surface area contributed by atoms with Gasteiger partial charge in [-0.05, 0) is 25.8 Å². The molecule has 0 amide bonds. The molecule has 0 unspecified atom stereocenters. The van der Waals surface area contributed by atoms with Crippen LogP contribution in [-0.4, -0.2) is 25.7 Å². The van der Waals surface area contributed by atoms with E-state index < -0.39 is 9.84 Å². The molecule has 4 nitrogen and oxygen atoms in total. The molecule has 1 aliphatic rings. The third-order valence-corrected chi connectivity index (χ3v) is 6.08.